The fraction of sp³-hybridized carbons (Fsp3) is 0.333. The Labute approximate surface area is 223 Å². The van der Waals surface area contributed by atoms with Gasteiger partial charge in [0.05, 0.1) is 10.6 Å². The Bertz CT molecular complexity index is 1360. The molecular weight excluding hydrogens is 486 g/mol. The molecule has 3 aromatic rings. The second-order valence-corrected chi connectivity index (χ2v) is 11.4. The molecule has 1 aromatic heterocycles. The van der Waals surface area contributed by atoms with Crippen LogP contribution in [0.4, 0.5) is 5.69 Å². The van der Waals surface area contributed by atoms with Crippen LogP contribution in [-0.4, -0.2) is 26.6 Å². The van der Waals surface area contributed by atoms with Gasteiger partial charge in [0.2, 0.25) is 0 Å². The lowest BCUT2D eigenvalue weighted by molar-refractivity contribution is -0.124. The zero-order chi connectivity index (χ0) is 25.4. The largest absolute Gasteiger partial charge is 0.318 e. The van der Waals surface area contributed by atoms with Crippen LogP contribution in [-0.2, 0) is 4.79 Å². The highest BCUT2D eigenvalue weighted by Gasteiger charge is 2.41. The third kappa shape index (κ3) is 4.79. The van der Waals surface area contributed by atoms with E-state index < -0.39 is 0 Å². The second-order valence-electron chi connectivity index (χ2n) is 9.94. The Kier molecular flexibility index (Phi) is 7.14. The normalized spacial score (nSPS) is 22.7. The molecule has 0 N–H and O–H groups in total. The number of nitrogens with zero attached hydrogens (tertiary/aromatic N) is 3. The predicted molar refractivity (Wildman–Crippen MR) is 152 cm³/mol. The van der Waals surface area contributed by atoms with Crippen LogP contribution in [0, 0.1) is 26.7 Å². The van der Waals surface area contributed by atoms with E-state index in [4.69, 9.17) is 16.6 Å². The van der Waals surface area contributed by atoms with E-state index in [9.17, 15) is 4.79 Å². The molecule has 2 aromatic carbocycles. The van der Waals surface area contributed by atoms with Crippen LogP contribution in [0.15, 0.2) is 64.5 Å². The number of amidine groups is 1. The minimum absolute atomic E-state index is 0.0663. The monoisotopic (exact) mass is 517 g/mol. The summed E-state index contributed by atoms with van der Waals surface area (Å²) in [6, 6.07) is 18.4. The van der Waals surface area contributed by atoms with E-state index in [1.807, 2.05) is 60.4 Å². The quantitative estimate of drug-likeness (QED) is 0.327. The van der Waals surface area contributed by atoms with Gasteiger partial charge < -0.3 is 4.57 Å². The van der Waals surface area contributed by atoms with Crippen molar-refractivity contribution >= 4 is 46.2 Å². The van der Waals surface area contributed by atoms with Crippen LogP contribution in [0.3, 0.4) is 0 Å². The van der Waals surface area contributed by atoms with Gasteiger partial charge in [-0.25, -0.2) is 4.99 Å². The van der Waals surface area contributed by atoms with E-state index in [0.717, 1.165) is 68.2 Å². The molecule has 6 heteroatoms. The van der Waals surface area contributed by atoms with Crippen LogP contribution in [0.5, 0.6) is 0 Å². The molecule has 36 heavy (non-hydrogen) atoms. The highest BCUT2D eigenvalue weighted by Crippen LogP contribution is 2.40. The van der Waals surface area contributed by atoms with E-state index in [1.54, 1.807) is 0 Å². The first-order valence-electron chi connectivity index (χ1n) is 12.7. The molecule has 186 valence electrons. The molecule has 1 saturated carbocycles. The van der Waals surface area contributed by atoms with Crippen molar-refractivity contribution < 1.29 is 4.79 Å². The van der Waals surface area contributed by atoms with Crippen molar-refractivity contribution in [2.75, 3.05) is 0 Å². The number of aliphatic imine (C=N–C) groups is 1. The molecule has 2 atom stereocenters. The fourth-order valence-corrected chi connectivity index (χ4v) is 6.55. The lowest BCUT2D eigenvalue weighted by Crippen LogP contribution is -2.44. The summed E-state index contributed by atoms with van der Waals surface area (Å²) < 4.78 is 2.20. The summed E-state index contributed by atoms with van der Waals surface area (Å²) in [6.45, 7) is 8.46. The summed E-state index contributed by atoms with van der Waals surface area (Å²) >= 11 is 7.92. The Morgan fingerprint density at radius 1 is 1.03 bits per heavy atom. The molecule has 5 rings (SSSR count). The van der Waals surface area contributed by atoms with Crippen LogP contribution < -0.4 is 0 Å². The van der Waals surface area contributed by atoms with Gasteiger partial charge in [0.25, 0.3) is 5.91 Å². The van der Waals surface area contributed by atoms with Crippen molar-refractivity contribution in [2.45, 2.75) is 59.4 Å². The Balaban J connectivity index is 1.54. The summed E-state index contributed by atoms with van der Waals surface area (Å²) in [5.41, 5.74) is 6.18. The lowest BCUT2D eigenvalue weighted by atomic mass is 9.85. The Hall–Kier alpha value is -2.76. The number of carbonyl (C=O) groups excluding carboxylic acids is 1. The van der Waals surface area contributed by atoms with Crippen molar-refractivity contribution in [1.82, 2.24) is 9.47 Å². The average Bonchev–Trinajstić information content (AvgIpc) is 3.31. The molecule has 0 spiro atoms. The topological polar surface area (TPSA) is 37.6 Å². The highest BCUT2D eigenvalue weighted by molar-refractivity contribution is 8.18. The molecule has 4 nitrogen and oxygen atoms in total. The zero-order valence-electron chi connectivity index (χ0n) is 21.3. The smallest absolute Gasteiger partial charge is 0.267 e. The summed E-state index contributed by atoms with van der Waals surface area (Å²) in [6.07, 6.45) is 6.60. The summed E-state index contributed by atoms with van der Waals surface area (Å²) in [7, 11) is 0. The molecule has 0 bridgehead atoms. The van der Waals surface area contributed by atoms with Crippen molar-refractivity contribution in [3.8, 4) is 5.69 Å². The maximum atomic E-state index is 13.8. The molecule has 1 saturated heterocycles. The van der Waals surface area contributed by atoms with Gasteiger partial charge in [-0.15, -0.1) is 0 Å². The molecular formula is C30H32ClN3OS. The number of hydrogen-bond acceptors (Lipinski definition) is 3. The molecule has 2 heterocycles. The number of para-hydroxylation sites is 1. The second kappa shape index (κ2) is 10.3. The number of halogens is 1. The number of amides is 1. The summed E-state index contributed by atoms with van der Waals surface area (Å²) in [5, 5.41) is 1.54. The first-order valence-corrected chi connectivity index (χ1v) is 13.8. The third-order valence-corrected chi connectivity index (χ3v) is 8.78. The molecule has 1 amide bonds. The number of thioether (sulfide) groups is 1. The molecule has 0 radical (unpaired) electrons. The van der Waals surface area contributed by atoms with Crippen LogP contribution in [0.2, 0.25) is 5.02 Å². The third-order valence-electron chi connectivity index (χ3n) is 7.39. The number of carbonyl (C=O) groups is 1. The van der Waals surface area contributed by atoms with Gasteiger partial charge in [-0.2, -0.15) is 0 Å². The maximum Gasteiger partial charge on any atom is 0.267 e. The van der Waals surface area contributed by atoms with Gasteiger partial charge in [0.15, 0.2) is 5.17 Å². The maximum absolute atomic E-state index is 13.8. The number of aryl methyl sites for hydroxylation is 2. The van der Waals surface area contributed by atoms with Gasteiger partial charge in [-0.1, -0.05) is 55.6 Å². The van der Waals surface area contributed by atoms with Gasteiger partial charge in [0, 0.05) is 28.1 Å². The van der Waals surface area contributed by atoms with E-state index in [1.165, 1.54) is 18.2 Å². The number of rotatable bonds is 4. The minimum atomic E-state index is 0.0663. The van der Waals surface area contributed by atoms with E-state index in [2.05, 4.69) is 37.5 Å². The van der Waals surface area contributed by atoms with Gasteiger partial charge in [0.1, 0.15) is 0 Å². The van der Waals surface area contributed by atoms with Crippen molar-refractivity contribution in [3.63, 3.8) is 0 Å². The van der Waals surface area contributed by atoms with Gasteiger partial charge >= 0.3 is 0 Å². The predicted octanol–water partition coefficient (Wildman–Crippen LogP) is 8.24. The van der Waals surface area contributed by atoms with Crippen LogP contribution >= 0.6 is 23.4 Å². The highest BCUT2D eigenvalue weighted by atomic mass is 35.5. The molecule has 2 aliphatic rings. The summed E-state index contributed by atoms with van der Waals surface area (Å²) in [5.74, 6) is 0.525. The first kappa shape index (κ1) is 24.9. The van der Waals surface area contributed by atoms with Crippen molar-refractivity contribution in [3.05, 3.63) is 87.0 Å². The molecule has 2 fully saturated rings. The summed E-state index contributed by atoms with van der Waals surface area (Å²) in [4.78, 5) is 21.5. The molecule has 1 aliphatic heterocycles. The Morgan fingerprint density at radius 3 is 2.50 bits per heavy atom. The zero-order valence-corrected chi connectivity index (χ0v) is 22.9. The average molecular weight is 518 g/mol. The first-order chi connectivity index (χ1) is 17.3. The fourth-order valence-electron chi connectivity index (χ4n) is 5.34. The van der Waals surface area contributed by atoms with Crippen molar-refractivity contribution in [2.24, 2.45) is 10.9 Å². The minimum Gasteiger partial charge on any atom is -0.318 e. The number of hydrogen-bond donors (Lipinski definition) is 0. The van der Waals surface area contributed by atoms with E-state index in [-0.39, 0.29) is 11.9 Å². The standard InChI is InChI=1S/C30H32ClN3OS/c1-19-14-15-25(18-26(19)31)33-21(3)16-23(22(33)4)17-28-29(35)34(27-13-9-8-10-20(27)2)30(36-28)32-24-11-6-5-7-12-24/h5-7,11-12,14-18,20,27H,8-10,13H2,1-4H3/b28-17-,32-30?/t20-,27+/m0/s1. The van der Waals surface area contributed by atoms with Gasteiger partial charge in [-0.3, -0.25) is 9.69 Å². The van der Waals surface area contributed by atoms with E-state index >= 15 is 0 Å². The molecule has 1 aliphatic carbocycles. The number of aromatic nitrogens is 1. The lowest BCUT2D eigenvalue weighted by Gasteiger charge is -2.35. The molecule has 0 unspecified atom stereocenters. The van der Waals surface area contributed by atoms with Crippen LogP contribution in [0.1, 0.15) is 55.1 Å². The van der Waals surface area contributed by atoms with Gasteiger partial charge in [-0.05, 0) is 98.8 Å². The van der Waals surface area contributed by atoms with E-state index in [0.29, 0.717) is 5.92 Å². The van der Waals surface area contributed by atoms with Crippen molar-refractivity contribution in [1.29, 1.82) is 0 Å². The number of benzene rings is 2. The SMILES string of the molecule is Cc1ccc(-n2c(C)cc(/C=C3\SC(=Nc4ccccc4)N([C@@H]4CCCC[C@@H]4C)C3=O)c2C)cc1Cl. The Morgan fingerprint density at radius 2 is 1.78 bits per heavy atom. The van der Waals surface area contributed by atoms with Crippen LogP contribution in [0.25, 0.3) is 11.8 Å².